The minimum atomic E-state index is -0.138. The number of anilines is 1. The van der Waals surface area contributed by atoms with Crippen LogP contribution < -0.4 is 5.32 Å². The summed E-state index contributed by atoms with van der Waals surface area (Å²) >= 11 is 10.8. The summed E-state index contributed by atoms with van der Waals surface area (Å²) in [6.07, 6.45) is 3.69. The second-order valence-corrected chi connectivity index (χ2v) is 11.7. The summed E-state index contributed by atoms with van der Waals surface area (Å²) in [5.41, 5.74) is 1.84. The summed E-state index contributed by atoms with van der Waals surface area (Å²) in [6.45, 7) is 2.43. The Morgan fingerprint density at radius 2 is 1.70 bits per heavy atom. The lowest BCUT2D eigenvalue weighted by atomic mass is 9.81. The van der Waals surface area contributed by atoms with Crippen molar-refractivity contribution in [3.05, 3.63) is 28.2 Å². The van der Waals surface area contributed by atoms with Crippen LogP contribution in [0.1, 0.15) is 37.7 Å². The highest BCUT2D eigenvalue weighted by atomic mass is 79.9. The number of hydrogen-bond donors (Lipinski definition) is 1. The molecule has 2 bridgehead atoms. The van der Waals surface area contributed by atoms with E-state index < -0.39 is 0 Å². The van der Waals surface area contributed by atoms with Gasteiger partial charge < -0.3 is 5.32 Å². The lowest BCUT2D eigenvalue weighted by Gasteiger charge is -2.28. The fraction of sp³-hybridized carbons (Fsp3) is 0.591. The Hall–Kier alpha value is -0.730. The Kier molecular flexibility index (Phi) is 6.76. The zero-order chi connectivity index (χ0) is 21.6. The van der Waals surface area contributed by atoms with Crippen LogP contribution in [0.2, 0.25) is 0 Å². The van der Waals surface area contributed by atoms with E-state index in [9.17, 15) is 14.4 Å². The Bertz CT molecular complexity index is 845. The van der Waals surface area contributed by atoms with E-state index in [-0.39, 0.29) is 51.0 Å². The molecular weight excluding hydrogens is 580 g/mol. The third kappa shape index (κ3) is 4.04. The second kappa shape index (κ2) is 9.02. The fourth-order valence-electron chi connectivity index (χ4n) is 5.34. The molecule has 0 radical (unpaired) electrons. The number of rotatable bonds is 7. The van der Waals surface area contributed by atoms with E-state index in [1.54, 1.807) is 0 Å². The van der Waals surface area contributed by atoms with Gasteiger partial charge in [-0.25, -0.2) is 0 Å². The van der Waals surface area contributed by atoms with Gasteiger partial charge in [0.05, 0.1) is 11.8 Å². The number of carbonyl (C=O) groups is 3. The summed E-state index contributed by atoms with van der Waals surface area (Å²) < 4.78 is 0.986. The van der Waals surface area contributed by atoms with Crippen LogP contribution in [0.3, 0.4) is 0 Å². The van der Waals surface area contributed by atoms with Crippen molar-refractivity contribution in [3.63, 3.8) is 0 Å². The quantitative estimate of drug-likeness (QED) is 0.270. The number of carbonyl (C=O) groups excluding carboxylic acids is 3. The highest BCUT2D eigenvalue weighted by Gasteiger charge is 2.66. The smallest absolute Gasteiger partial charge is 0.233 e. The van der Waals surface area contributed by atoms with Gasteiger partial charge in [-0.1, -0.05) is 54.2 Å². The molecule has 2 saturated carbocycles. The monoisotopic (exact) mass is 602 g/mol. The van der Waals surface area contributed by atoms with Crippen LogP contribution in [-0.2, 0) is 14.4 Å². The van der Waals surface area contributed by atoms with Crippen molar-refractivity contribution in [3.8, 4) is 0 Å². The molecule has 4 rings (SSSR count). The Morgan fingerprint density at radius 1 is 1.07 bits per heavy atom. The van der Waals surface area contributed by atoms with Crippen molar-refractivity contribution in [2.24, 2.45) is 23.7 Å². The molecule has 0 unspecified atom stereocenters. The predicted molar refractivity (Wildman–Crippen MR) is 127 cm³/mol. The first kappa shape index (κ1) is 22.5. The van der Waals surface area contributed by atoms with Crippen LogP contribution >= 0.6 is 47.8 Å². The van der Waals surface area contributed by atoms with Gasteiger partial charge in [0.2, 0.25) is 17.7 Å². The average molecular weight is 605 g/mol. The van der Waals surface area contributed by atoms with Gasteiger partial charge in [-0.2, -0.15) is 0 Å². The number of imide groups is 1. The van der Waals surface area contributed by atoms with Crippen LogP contribution in [0.5, 0.6) is 0 Å². The number of halogens is 3. The molecule has 1 heterocycles. The van der Waals surface area contributed by atoms with Crippen LogP contribution in [0.25, 0.3) is 0 Å². The highest BCUT2D eigenvalue weighted by molar-refractivity contribution is 9.12. The summed E-state index contributed by atoms with van der Waals surface area (Å²) in [7, 11) is 0. The van der Waals surface area contributed by atoms with Gasteiger partial charge in [-0.3, -0.25) is 19.3 Å². The predicted octanol–water partition coefficient (Wildman–Crippen LogP) is 5.03. The molecule has 3 amide bonds. The number of aryl methyl sites for hydroxylation is 1. The molecule has 0 spiro atoms. The fourth-order valence-corrected chi connectivity index (χ4v) is 7.69. The van der Waals surface area contributed by atoms with Gasteiger partial charge in [0.1, 0.15) is 0 Å². The van der Waals surface area contributed by atoms with Crippen molar-refractivity contribution in [2.45, 2.75) is 48.7 Å². The third-order valence-corrected chi connectivity index (χ3v) is 10.5. The van der Waals surface area contributed by atoms with Crippen molar-refractivity contribution in [1.29, 1.82) is 0 Å². The number of hydrogen-bond acceptors (Lipinski definition) is 3. The molecule has 1 aliphatic heterocycles. The molecule has 1 N–H and O–H groups in total. The van der Waals surface area contributed by atoms with Gasteiger partial charge in [-0.05, 0) is 61.8 Å². The van der Waals surface area contributed by atoms with E-state index in [2.05, 4.69) is 53.1 Å². The molecule has 6 atom stereocenters. The molecular formula is C22H25Br3N2O3. The normalized spacial score (nSPS) is 32.1. The van der Waals surface area contributed by atoms with Crippen molar-refractivity contribution >= 4 is 71.2 Å². The molecule has 1 aromatic rings. The summed E-state index contributed by atoms with van der Waals surface area (Å²) in [5, 5.41) is 2.95. The maximum absolute atomic E-state index is 12.9. The molecule has 1 saturated heterocycles. The Morgan fingerprint density at radius 3 is 2.30 bits per heavy atom. The summed E-state index contributed by atoms with van der Waals surface area (Å²) in [5.74, 6) is 0.274. The number of fused-ring (bicyclic) bond motifs is 5. The van der Waals surface area contributed by atoms with E-state index >= 15 is 0 Å². The van der Waals surface area contributed by atoms with Gasteiger partial charge in [0, 0.05) is 32.8 Å². The molecule has 2 aliphatic carbocycles. The van der Waals surface area contributed by atoms with Crippen LogP contribution in [-0.4, -0.2) is 38.8 Å². The molecule has 1 aromatic carbocycles. The van der Waals surface area contributed by atoms with E-state index in [0.29, 0.717) is 13.0 Å². The lowest BCUT2D eigenvalue weighted by molar-refractivity contribution is -0.140. The largest absolute Gasteiger partial charge is 0.326 e. The van der Waals surface area contributed by atoms with Crippen LogP contribution in [0.4, 0.5) is 5.69 Å². The molecule has 5 nitrogen and oxygen atoms in total. The first-order valence-electron chi connectivity index (χ1n) is 10.5. The molecule has 3 aliphatic rings. The minimum Gasteiger partial charge on any atom is -0.326 e. The van der Waals surface area contributed by atoms with Gasteiger partial charge in [0.15, 0.2) is 0 Å². The minimum absolute atomic E-state index is 0.00780. The summed E-state index contributed by atoms with van der Waals surface area (Å²) in [4.78, 5) is 40.0. The number of nitrogens with zero attached hydrogens (tertiary/aromatic N) is 1. The van der Waals surface area contributed by atoms with E-state index in [4.69, 9.17) is 0 Å². The van der Waals surface area contributed by atoms with Crippen molar-refractivity contribution in [2.75, 3.05) is 11.9 Å². The number of benzene rings is 1. The van der Waals surface area contributed by atoms with Crippen LogP contribution in [0.15, 0.2) is 22.7 Å². The van der Waals surface area contributed by atoms with Crippen molar-refractivity contribution < 1.29 is 14.4 Å². The van der Waals surface area contributed by atoms with Gasteiger partial charge in [0.25, 0.3) is 0 Å². The first-order valence-corrected chi connectivity index (χ1v) is 13.1. The average Bonchev–Trinajstić information content (AvgIpc) is 3.30. The number of amides is 3. The second-order valence-electron chi connectivity index (χ2n) is 8.65. The molecule has 30 heavy (non-hydrogen) atoms. The molecule has 162 valence electrons. The maximum Gasteiger partial charge on any atom is 0.233 e. The lowest BCUT2D eigenvalue weighted by Crippen LogP contribution is -2.37. The number of alkyl halides is 2. The number of likely N-dealkylation sites (tertiary alicyclic amines) is 1. The first-order chi connectivity index (χ1) is 14.3. The molecule has 3 fully saturated rings. The highest BCUT2D eigenvalue weighted by Crippen LogP contribution is 2.60. The Labute approximate surface area is 202 Å². The van der Waals surface area contributed by atoms with E-state index in [0.717, 1.165) is 41.4 Å². The van der Waals surface area contributed by atoms with Crippen LogP contribution in [0, 0.1) is 30.6 Å². The molecule has 0 aromatic heterocycles. The Balaban J connectivity index is 1.21. The number of nitrogens with one attached hydrogen (secondary N) is 1. The van der Waals surface area contributed by atoms with Crippen molar-refractivity contribution in [1.82, 2.24) is 4.90 Å². The topological polar surface area (TPSA) is 66.5 Å². The zero-order valence-corrected chi connectivity index (χ0v) is 21.5. The van der Waals surface area contributed by atoms with E-state index in [1.165, 1.54) is 4.90 Å². The third-order valence-electron chi connectivity index (χ3n) is 6.83. The zero-order valence-electron chi connectivity index (χ0n) is 16.7. The number of unbranched alkanes of at least 4 members (excludes halogenated alkanes) is 2. The van der Waals surface area contributed by atoms with Gasteiger partial charge in [-0.15, -0.1) is 0 Å². The maximum atomic E-state index is 12.9. The summed E-state index contributed by atoms with van der Waals surface area (Å²) in [6, 6.07) is 5.77. The SMILES string of the molecule is Cc1cc(Br)ccc1NC(=O)CCCCCN1C(=O)[C@@H]2[C@H]3C[C@@H]([C@H](Br)[C@@H]3Br)[C@@H]2C1=O. The molecule has 8 heteroatoms. The van der Waals surface area contributed by atoms with Gasteiger partial charge >= 0.3 is 0 Å². The standard InChI is InChI=1S/C22H25Br3N2O3/c1-11-9-12(23)6-7-15(11)26-16(28)5-3-2-4-8-27-21(29)17-13-10-14(18(17)22(27)30)20(25)19(13)24/h6-7,9,13-14,17-20H,2-5,8,10H2,1H3,(H,26,28)/t13-,14-,17-,18+,19-,20+/m1/s1. The van der Waals surface area contributed by atoms with E-state index in [1.807, 2.05) is 25.1 Å².